The molecule has 0 aromatic heterocycles. The summed E-state index contributed by atoms with van der Waals surface area (Å²) in [7, 11) is 0. The highest BCUT2D eigenvalue weighted by atomic mass is 14.5. The Labute approximate surface area is 109 Å². The molecule has 1 saturated carbocycles. The fraction of sp³-hybridized carbons (Fsp3) is 0.444. The summed E-state index contributed by atoms with van der Waals surface area (Å²) >= 11 is 0. The standard InChI is InChI=1S/C18H20/c1-18-11-4-7-17(18)16-9-8-13-5-2-3-6-14(13)15(16)10-12-18/h2-6,9,11,15,17H,7-8,10,12H2,1H3/t15-,17+,18+/m1/s1. The monoisotopic (exact) mass is 236 g/mol. The highest BCUT2D eigenvalue weighted by molar-refractivity contribution is 5.45. The fourth-order valence-corrected chi connectivity index (χ4v) is 4.41. The Hall–Kier alpha value is -1.30. The van der Waals surface area contributed by atoms with E-state index in [4.69, 9.17) is 0 Å². The molecule has 3 aliphatic carbocycles. The van der Waals surface area contributed by atoms with E-state index in [1.807, 2.05) is 0 Å². The first-order valence-electron chi connectivity index (χ1n) is 7.23. The number of hydrogen-bond acceptors (Lipinski definition) is 0. The van der Waals surface area contributed by atoms with Crippen LogP contribution < -0.4 is 0 Å². The van der Waals surface area contributed by atoms with Crippen molar-refractivity contribution in [1.29, 1.82) is 0 Å². The molecule has 0 bridgehead atoms. The highest BCUT2D eigenvalue weighted by Gasteiger charge is 2.44. The van der Waals surface area contributed by atoms with Gasteiger partial charge in [-0.05, 0) is 48.1 Å². The number of allylic oxidation sites excluding steroid dienone is 4. The van der Waals surface area contributed by atoms with Crippen LogP contribution in [0, 0.1) is 11.3 Å². The van der Waals surface area contributed by atoms with Crippen LogP contribution in [0.1, 0.15) is 43.2 Å². The van der Waals surface area contributed by atoms with E-state index in [9.17, 15) is 0 Å². The molecule has 1 aromatic rings. The normalized spacial score (nSPS) is 36.6. The molecule has 0 N–H and O–H groups in total. The maximum absolute atomic E-state index is 2.54. The predicted molar refractivity (Wildman–Crippen MR) is 75.6 cm³/mol. The summed E-state index contributed by atoms with van der Waals surface area (Å²) < 4.78 is 0. The van der Waals surface area contributed by atoms with Crippen molar-refractivity contribution in [2.45, 2.75) is 38.5 Å². The minimum atomic E-state index is 0.453. The van der Waals surface area contributed by atoms with Crippen molar-refractivity contribution in [1.82, 2.24) is 0 Å². The van der Waals surface area contributed by atoms with E-state index in [2.05, 4.69) is 49.4 Å². The molecule has 4 rings (SSSR count). The topological polar surface area (TPSA) is 0 Å². The van der Waals surface area contributed by atoms with Crippen LogP contribution in [0.25, 0.3) is 0 Å². The quantitative estimate of drug-likeness (QED) is 0.576. The predicted octanol–water partition coefficient (Wildman–Crippen LogP) is 4.63. The van der Waals surface area contributed by atoms with Gasteiger partial charge in [-0.2, -0.15) is 0 Å². The third-order valence-corrected chi connectivity index (χ3v) is 5.43. The molecule has 3 atom stereocenters. The summed E-state index contributed by atoms with van der Waals surface area (Å²) in [6.45, 7) is 2.46. The summed E-state index contributed by atoms with van der Waals surface area (Å²) in [6.07, 6.45) is 12.5. The van der Waals surface area contributed by atoms with E-state index >= 15 is 0 Å². The van der Waals surface area contributed by atoms with Crippen molar-refractivity contribution in [3.05, 3.63) is 59.2 Å². The van der Waals surface area contributed by atoms with Crippen LogP contribution in [0.4, 0.5) is 0 Å². The maximum atomic E-state index is 2.54. The van der Waals surface area contributed by atoms with Gasteiger partial charge in [0, 0.05) is 5.92 Å². The summed E-state index contributed by atoms with van der Waals surface area (Å²) in [6, 6.07) is 9.06. The van der Waals surface area contributed by atoms with Gasteiger partial charge in [-0.3, -0.25) is 0 Å². The Kier molecular flexibility index (Phi) is 2.12. The van der Waals surface area contributed by atoms with Gasteiger partial charge < -0.3 is 0 Å². The number of fused-ring (bicyclic) bond motifs is 5. The highest BCUT2D eigenvalue weighted by Crippen LogP contribution is 2.56. The SMILES string of the molecule is C[C@@]12C=CC[C@H]1C1=CCc3ccccc3[C@H]1CC2. The van der Waals surface area contributed by atoms with Crippen LogP contribution >= 0.6 is 0 Å². The Balaban J connectivity index is 1.79. The molecule has 1 aromatic carbocycles. The van der Waals surface area contributed by atoms with Gasteiger partial charge >= 0.3 is 0 Å². The Bertz CT molecular complexity index is 549. The zero-order valence-corrected chi connectivity index (χ0v) is 11.0. The van der Waals surface area contributed by atoms with Crippen molar-refractivity contribution < 1.29 is 0 Å². The molecule has 0 heterocycles. The van der Waals surface area contributed by atoms with Gasteiger partial charge in [0.2, 0.25) is 0 Å². The second-order valence-electron chi connectivity index (χ2n) is 6.39. The van der Waals surface area contributed by atoms with Crippen LogP contribution in [-0.2, 0) is 6.42 Å². The molecule has 0 nitrogen and oxygen atoms in total. The van der Waals surface area contributed by atoms with Gasteiger partial charge in [0.15, 0.2) is 0 Å². The summed E-state index contributed by atoms with van der Waals surface area (Å²) in [5.74, 6) is 1.50. The van der Waals surface area contributed by atoms with E-state index in [-0.39, 0.29) is 0 Å². The van der Waals surface area contributed by atoms with Crippen LogP contribution in [0.3, 0.4) is 0 Å². The lowest BCUT2D eigenvalue weighted by Gasteiger charge is -2.44. The molecule has 92 valence electrons. The summed E-state index contributed by atoms with van der Waals surface area (Å²) in [5.41, 5.74) is 5.37. The average molecular weight is 236 g/mol. The summed E-state index contributed by atoms with van der Waals surface area (Å²) in [4.78, 5) is 0. The van der Waals surface area contributed by atoms with Crippen LogP contribution in [-0.4, -0.2) is 0 Å². The molecular formula is C18H20. The van der Waals surface area contributed by atoms with Crippen LogP contribution in [0.15, 0.2) is 48.1 Å². The lowest BCUT2D eigenvalue weighted by molar-refractivity contribution is 0.232. The number of hydrogen-bond donors (Lipinski definition) is 0. The molecule has 1 fully saturated rings. The van der Waals surface area contributed by atoms with Crippen molar-refractivity contribution >= 4 is 0 Å². The van der Waals surface area contributed by atoms with Crippen molar-refractivity contribution in [3.8, 4) is 0 Å². The van der Waals surface area contributed by atoms with Crippen LogP contribution in [0.2, 0.25) is 0 Å². The molecule has 0 amide bonds. The zero-order chi connectivity index (χ0) is 12.2. The molecule has 0 spiro atoms. The first kappa shape index (κ1) is 10.6. The zero-order valence-electron chi connectivity index (χ0n) is 11.0. The molecule has 3 aliphatic rings. The summed E-state index contributed by atoms with van der Waals surface area (Å²) in [5, 5.41) is 0. The Morgan fingerprint density at radius 1 is 1.22 bits per heavy atom. The second-order valence-corrected chi connectivity index (χ2v) is 6.39. The van der Waals surface area contributed by atoms with Crippen molar-refractivity contribution in [2.24, 2.45) is 11.3 Å². The molecule has 0 unspecified atom stereocenters. The Morgan fingerprint density at radius 3 is 3.06 bits per heavy atom. The van der Waals surface area contributed by atoms with E-state index < -0.39 is 0 Å². The van der Waals surface area contributed by atoms with Crippen molar-refractivity contribution in [2.75, 3.05) is 0 Å². The lowest BCUT2D eigenvalue weighted by Crippen LogP contribution is -2.33. The molecule has 0 saturated heterocycles. The van der Waals surface area contributed by atoms with Gasteiger partial charge in [-0.25, -0.2) is 0 Å². The second kappa shape index (κ2) is 3.60. The van der Waals surface area contributed by atoms with E-state index in [1.54, 1.807) is 16.7 Å². The number of rotatable bonds is 0. The fourth-order valence-electron chi connectivity index (χ4n) is 4.41. The maximum Gasteiger partial charge on any atom is 0.00546 e. The van der Waals surface area contributed by atoms with E-state index in [0.29, 0.717) is 11.3 Å². The molecular weight excluding hydrogens is 216 g/mol. The third kappa shape index (κ3) is 1.32. The van der Waals surface area contributed by atoms with Gasteiger partial charge in [-0.1, -0.05) is 55.0 Å². The largest absolute Gasteiger partial charge is 0.0873 e. The van der Waals surface area contributed by atoms with Gasteiger partial charge in [0.25, 0.3) is 0 Å². The molecule has 0 radical (unpaired) electrons. The third-order valence-electron chi connectivity index (χ3n) is 5.43. The first-order chi connectivity index (χ1) is 8.78. The first-order valence-corrected chi connectivity index (χ1v) is 7.23. The Morgan fingerprint density at radius 2 is 2.11 bits per heavy atom. The van der Waals surface area contributed by atoms with E-state index in [0.717, 1.165) is 12.3 Å². The average Bonchev–Trinajstić information content (AvgIpc) is 2.80. The van der Waals surface area contributed by atoms with Crippen LogP contribution in [0.5, 0.6) is 0 Å². The van der Waals surface area contributed by atoms with Gasteiger partial charge in [0.05, 0.1) is 0 Å². The van der Waals surface area contributed by atoms with Gasteiger partial charge in [0.1, 0.15) is 0 Å². The lowest BCUT2D eigenvalue weighted by atomic mass is 9.60. The number of benzene rings is 1. The minimum absolute atomic E-state index is 0.453. The van der Waals surface area contributed by atoms with E-state index in [1.165, 1.54) is 19.3 Å². The molecule has 18 heavy (non-hydrogen) atoms. The molecule has 0 heteroatoms. The molecule has 0 aliphatic heterocycles. The smallest absolute Gasteiger partial charge is 0.00546 e. The van der Waals surface area contributed by atoms with Gasteiger partial charge in [-0.15, -0.1) is 0 Å². The van der Waals surface area contributed by atoms with Crippen molar-refractivity contribution in [3.63, 3.8) is 0 Å². The minimum Gasteiger partial charge on any atom is -0.0873 e.